The van der Waals surface area contributed by atoms with E-state index in [1.165, 1.54) is 23.6 Å². The number of carbonyl (C=O) groups excluding carboxylic acids is 2. The molecule has 0 N–H and O–H groups in total. The summed E-state index contributed by atoms with van der Waals surface area (Å²) >= 11 is 0. The normalized spacial score (nSPS) is 15.8. The van der Waals surface area contributed by atoms with Gasteiger partial charge in [-0.25, -0.2) is 0 Å². The van der Waals surface area contributed by atoms with E-state index in [1.54, 1.807) is 39.2 Å². The van der Waals surface area contributed by atoms with Gasteiger partial charge in [0.25, 0.3) is 5.56 Å². The van der Waals surface area contributed by atoms with Crippen LogP contribution < -0.4 is 10.5 Å². The van der Waals surface area contributed by atoms with Gasteiger partial charge >= 0.3 is 6.18 Å². The number of amides is 2. The molecule has 0 spiro atoms. The summed E-state index contributed by atoms with van der Waals surface area (Å²) < 4.78 is 45.8. The number of halogens is 3. The number of piperazine rings is 2. The van der Waals surface area contributed by atoms with Crippen LogP contribution in [0.5, 0.6) is 0 Å². The maximum Gasteiger partial charge on any atom is 0.418 e. The van der Waals surface area contributed by atoms with Crippen molar-refractivity contribution in [3.63, 3.8) is 0 Å². The highest BCUT2D eigenvalue weighted by Gasteiger charge is 2.37. The maximum absolute atomic E-state index is 14.8. The van der Waals surface area contributed by atoms with Crippen molar-refractivity contribution in [3.05, 3.63) is 107 Å². The monoisotopic (exact) mass is 719 g/mol. The summed E-state index contributed by atoms with van der Waals surface area (Å²) in [5.41, 5.74) is 2.33. The molecule has 0 atom stereocenters. The van der Waals surface area contributed by atoms with Crippen LogP contribution in [0.15, 0.2) is 96.1 Å². The van der Waals surface area contributed by atoms with E-state index in [0.29, 0.717) is 48.0 Å². The first kappa shape index (κ1) is 34.3. The Bertz CT molecular complexity index is 2450. The molecule has 3 aromatic heterocycles. The molecule has 3 aromatic carbocycles. The number of hydrogen-bond acceptors (Lipinski definition) is 7. The Morgan fingerprint density at radius 2 is 1.45 bits per heavy atom. The Hall–Kier alpha value is -5.82. The van der Waals surface area contributed by atoms with E-state index in [1.807, 2.05) is 53.4 Å². The maximum atomic E-state index is 14.8. The average molecular weight is 720 g/mol. The van der Waals surface area contributed by atoms with Crippen LogP contribution in [0.3, 0.4) is 0 Å². The van der Waals surface area contributed by atoms with Crippen molar-refractivity contribution in [3.8, 4) is 16.8 Å². The summed E-state index contributed by atoms with van der Waals surface area (Å²) in [6.45, 7) is 5.07. The minimum Gasteiger partial charge on any atom is -0.367 e. The number of nitrogens with zero attached hydrogens (tertiary/aromatic N) is 7. The van der Waals surface area contributed by atoms with Gasteiger partial charge in [0.05, 0.1) is 34.3 Å². The van der Waals surface area contributed by atoms with Crippen LogP contribution in [0.2, 0.25) is 0 Å². The fourth-order valence-electron chi connectivity index (χ4n) is 7.45. The fourth-order valence-corrected chi connectivity index (χ4v) is 7.45. The van der Waals surface area contributed by atoms with E-state index >= 15 is 0 Å². The second kappa shape index (κ2) is 13.6. The number of carbonyl (C=O) groups is 2. The largest absolute Gasteiger partial charge is 0.418 e. The number of aromatic nitrogens is 3. The van der Waals surface area contributed by atoms with E-state index in [0.717, 1.165) is 28.1 Å². The summed E-state index contributed by atoms with van der Waals surface area (Å²) in [6.07, 6.45) is -1.32. The molecule has 10 nitrogen and oxygen atoms in total. The zero-order valence-corrected chi connectivity index (χ0v) is 29.0. The van der Waals surface area contributed by atoms with Gasteiger partial charge in [0.15, 0.2) is 0 Å². The van der Waals surface area contributed by atoms with Crippen molar-refractivity contribution >= 4 is 50.2 Å². The topological polar surface area (TPSA) is 94.9 Å². The fraction of sp³-hybridized carbons (Fsp3) is 0.275. The molecule has 6 aromatic rings. The van der Waals surface area contributed by atoms with Gasteiger partial charge in [0.1, 0.15) is 0 Å². The Kier molecular flexibility index (Phi) is 8.81. The van der Waals surface area contributed by atoms with Gasteiger partial charge in [-0.05, 0) is 54.1 Å². The Balaban J connectivity index is 1.10. The zero-order valence-electron chi connectivity index (χ0n) is 29.0. The summed E-state index contributed by atoms with van der Waals surface area (Å²) in [4.78, 5) is 54.6. The molecule has 2 fully saturated rings. The molecular weight excluding hydrogens is 683 g/mol. The Morgan fingerprint density at radius 3 is 2.21 bits per heavy atom. The number of rotatable bonds is 5. The lowest BCUT2D eigenvalue weighted by atomic mass is 10.0. The van der Waals surface area contributed by atoms with Crippen LogP contribution in [0, 0.1) is 0 Å². The van der Waals surface area contributed by atoms with Crippen molar-refractivity contribution in [2.45, 2.75) is 13.1 Å². The van der Waals surface area contributed by atoms with E-state index in [4.69, 9.17) is 0 Å². The first-order valence-corrected chi connectivity index (χ1v) is 17.6. The van der Waals surface area contributed by atoms with Gasteiger partial charge in [-0.1, -0.05) is 24.3 Å². The summed E-state index contributed by atoms with van der Waals surface area (Å²) in [6, 6.07) is 22.4. The standard InChI is InChI=1S/C40H36F3N7O3/c1-26(51)47-14-12-46(13-15-47)25-38(53)49-18-16-48(17-19-49)36-10-8-31(22-33(36)40(41,42)43)50-37(52)11-7-29-23-45-35-9-6-27(21-32(35)39(29)50)30-20-28-4-2-3-5-34(28)44-24-30/h2-11,20-24H,12-19,25H2,1H3. The number of anilines is 1. The number of fused-ring (bicyclic) bond motifs is 4. The van der Waals surface area contributed by atoms with Crippen molar-refractivity contribution in [2.24, 2.45) is 0 Å². The predicted octanol–water partition coefficient (Wildman–Crippen LogP) is 5.59. The van der Waals surface area contributed by atoms with Gasteiger partial charge in [-0.2, -0.15) is 13.2 Å². The third-order valence-electron chi connectivity index (χ3n) is 10.3. The summed E-state index contributed by atoms with van der Waals surface area (Å²) in [5, 5.41) is 2.18. The van der Waals surface area contributed by atoms with Crippen molar-refractivity contribution < 1.29 is 22.8 Å². The van der Waals surface area contributed by atoms with Gasteiger partial charge < -0.3 is 14.7 Å². The number of pyridine rings is 3. The highest BCUT2D eigenvalue weighted by atomic mass is 19.4. The molecule has 0 radical (unpaired) electrons. The van der Waals surface area contributed by atoms with Gasteiger partial charge in [0.2, 0.25) is 11.8 Å². The molecule has 2 aliphatic heterocycles. The number of para-hydroxylation sites is 1. The van der Waals surface area contributed by atoms with Gasteiger partial charge in [0, 0.05) is 105 Å². The highest BCUT2D eigenvalue weighted by molar-refractivity contribution is 6.05. The van der Waals surface area contributed by atoms with Crippen LogP contribution in [0.25, 0.3) is 49.5 Å². The molecule has 5 heterocycles. The molecule has 270 valence electrons. The molecule has 2 aliphatic rings. The second-order valence-electron chi connectivity index (χ2n) is 13.6. The minimum absolute atomic E-state index is 0.000366. The van der Waals surface area contributed by atoms with Crippen molar-refractivity contribution in [2.75, 3.05) is 63.8 Å². The lowest BCUT2D eigenvalue weighted by Gasteiger charge is -2.39. The average Bonchev–Trinajstić information content (AvgIpc) is 3.17. The van der Waals surface area contributed by atoms with Crippen LogP contribution >= 0.6 is 0 Å². The molecular formula is C40H36F3N7O3. The van der Waals surface area contributed by atoms with Crippen molar-refractivity contribution in [1.29, 1.82) is 0 Å². The molecule has 0 saturated carbocycles. The molecule has 13 heteroatoms. The van der Waals surface area contributed by atoms with Crippen LogP contribution in [-0.4, -0.2) is 100.0 Å². The molecule has 0 bridgehead atoms. The third kappa shape index (κ3) is 6.68. The van der Waals surface area contributed by atoms with Crippen LogP contribution in [-0.2, 0) is 15.8 Å². The number of benzene rings is 3. The first-order valence-electron chi connectivity index (χ1n) is 17.6. The molecule has 2 amide bonds. The Labute approximate surface area is 302 Å². The lowest BCUT2D eigenvalue weighted by Crippen LogP contribution is -2.54. The molecule has 0 aliphatic carbocycles. The molecule has 53 heavy (non-hydrogen) atoms. The van der Waals surface area contributed by atoms with E-state index in [9.17, 15) is 27.6 Å². The highest BCUT2D eigenvalue weighted by Crippen LogP contribution is 2.39. The van der Waals surface area contributed by atoms with Crippen LogP contribution in [0.1, 0.15) is 12.5 Å². The molecule has 8 rings (SSSR count). The Morgan fingerprint density at radius 1 is 0.717 bits per heavy atom. The predicted molar refractivity (Wildman–Crippen MR) is 198 cm³/mol. The van der Waals surface area contributed by atoms with Gasteiger partial charge in [-0.3, -0.25) is 33.8 Å². The number of alkyl halides is 3. The molecule has 2 saturated heterocycles. The smallest absolute Gasteiger partial charge is 0.367 e. The van der Waals surface area contributed by atoms with E-state index < -0.39 is 17.3 Å². The second-order valence-corrected chi connectivity index (χ2v) is 13.6. The van der Waals surface area contributed by atoms with Crippen molar-refractivity contribution in [1.82, 2.24) is 29.2 Å². The van der Waals surface area contributed by atoms with Gasteiger partial charge in [-0.15, -0.1) is 0 Å². The van der Waals surface area contributed by atoms with E-state index in [-0.39, 0.29) is 55.9 Å². The SMILES string of the molecule is CC(=O)N1CCN(CC(=O)N2CCN(c3ccc(-n4c(=O)ccc5cnc6ccc(-c7cnc8ccccc8c7)cc6c54)cc3C(F)(F)F)CC2)CC1. The zero-order chi connectivity index (χ0) is 36.9. The van der Waals surface area contributed by atoms with Crippen LogP contribution in [0.4, 0.5) is 18.9 Å². The number of hydrogen-bond donors (Lipinski definition) is 0. The quantitative estimate of drug-likeness (QED) is 0.215. The summed E-state index contributed by atoms with van der Waals surface area (Å²) in [5.74, 6) is -0.0675. The van der Waals surface area contributed by atoms with E-state index in [2.05, 4.69) is 9.97 Å². The molecule has 0 unspecified atom stereocenters. The summed E-state index contributed by atoms with van der Waals surface area (Å²) in [7, 11) is 0. The lowest BCUT2D eigenvalue weighted by molar-refractivity contribution is -0.138. The minimum atomic E-state index is -4.71. The third-order valence-corrected chi connectivity index (χ3v) is 10.3. The first-order chi connectivity index (χ1) is 25.5.